The van der Waals surface area contributed by atoms with Crippen molar-refractivity contribution in [1.29, 1.82) is 0 Å². The van der Waals surface area contributed by atoms with E-state index < -0.39 is 23.5 Å². The Hall–Kier alpha value is -2.86. The van der Waals surface area contributed by atoms with Crippen LogP contribution in [-0.2, 0) is 29.3 Å². The molecule has 2 aromatic carbocycles. The van der Waals surface area contributed by atoms with Crippen LogP contribution in [0.3, 0.4) is 0 Å². The van der Waals surface area contributed by atoms with E-state index in [-0.39, 0.29) is 0 Å². The van der Waals surface area contributed by atoms with Crippen molar-refractivity contribution in [2.75, 3.05) is 0 Å². The predicted octanol–water partition coefficient (Wildman–Crippen LogP) is 4.78. The fourth-order valence-electron chi connectivity index (χ4n) is 1.77. The second kappa shape index (κ2) is 13.5. The van der Waals surface area contributed by atoms with Gasteiger partial charge in [0, 0.05) is 12.8 Å². The van der Waals surface area contributed by atoms with Gasteiger partial charge in [-0.3, -0.25) is 0 Å². The first-order valence-corrected chi connectivity index (χ1v) is 9.77. The summed E-state index contributed by atoms with van der Waals surface area (Å²) in [6, 6.07) is 16.6. The summed E-state index contributed by atoms with van der Waals surface area (Å²) >= 11 is 0. The highest BCUT2D eigenvalue weighted by atomic mass is 17.3. The number of carbonyl (C=O) groups is 2. The summed E-state index contributed by atoms with van der Waals surface area (Å²) in [5.74, 6) is -3.95. The first kappa shape index (κ1) is 27.2. The second-order valence-corrected chi connectivity index (χ2v) is 6.80. The van der Waals surface area contributed by atoms with Gasteiger partial charge in [0.25, 0.3) is 0 Å². The fourth-order valence-corrected chi connectivity index (χ4v) is 1.77. The Morgan fingerprint density at radius 2 is 1.00 bits per heavy atom. The van der Waals surface area contributed by atoms with Crippen LogP contribution >= 0.6 is 0 Å². The Morgan fingerprint density at radius 1 is 0.688 bits per heavy atom. The summed E-state index contributed by atoms with van der Waals surface area (Å²) in [5, 5.41) is 17.0. The van der Waals surface area contributed by atoms with Gasteiger partial charge in [0.15, 0.2) is 0 Å². The van der Waals surface area contributed by atoms with Gasteiger partial charge in [-0.25, -0.2) is 39.7 Å². The maximum Gasteiger partial charge on any atom is 0.386 e. The van der Waals surface area contributed by atoms with E-state index in [2.05, 4.69) is 19.6 Å². The van der Waals surface area contributed by atoms with E-state index in [0.717, 1.165) is 0 Å². The molecule has 0 aliphatic heterocycles. The van der Waals surface area contributed by atoms with Gasteiger partial charge < -0.3 is 0 Å². The van der Waals surface area contributed by atoms with E-state index >= 15 is 0 Å². The molecular weight excluding hydrogens is 424 g/mol. The molecule has 2 atom stereocenters. The minimum Gasteiger partial charge on any atom is -0.249 e. The van der Waals surface area contributed by atoms with E-state index in [9.17, 15) is 9.59 Å². The van der Waals surface area contributed by atoms with Gasteiger partial charge >= 0.3 is 11.9 Å². The van der Waals surface area contributed by atoms with Gasteiger partial charge in [0.05, 0.1) is 11.1 Å². The number of hydrogen-bond acceptors (Lipinski definition) is 10. The lowest BCUT2D eigenvalue weighted by atomic mass is 10.2. The number of hydrogen-bond donors (Lipinski definition) is 2. The van der Waals surface area contributed by atoms with Crippen molar-refractivity contribution < 1.29 is 49.4 Å². The average Bonchev–Trinajstić information content (AvgIpc) is 2.86. The summed E-state index contributed by atoms with van der Waals surface area (Å²) < 4.78 is 0. The molecule has 0 aliphatic rings. The minimum atomic E-state index is -1.27. The smallest absolute Gasteiger partial charge is 0.249 e. The SMILES string of the molecule is CCC(C)(OO)OOC(C)(CC)OO.O=C(OOC(=O)c1ccccc1)c1ccccc1. The summed E-state index contributed by atoms with van der Waals surface area (Å²) in [4.78, 5) is 49.7. The van der Waals surface area contributed by atoms with Crippen molar-refractivity contribution in [3.8, 4) is 0 Å². The summed E-state index contributed by atoms with van der Waals surface area (Å²) in [7, 11) is 0. The molecule has 0 bridgehead atoms. The molecule has 0 amide bonds. The summed E-state index contributed by atoms with van der Waals surface area (Å²) in [5.41, 5.74) is 0.636. The van der Waals surface area contributed by atoms with Crippen molar-refractivity contribution in [2.45, 2.75) is 52.1 Å². The van der Waals surface area contributed by atoms with Crippen LogP contribution in [0.15, 0.2) is 60.7 Å². The number of rotatable bonds is 9. The normalized spacial score (nSPS) is 14.2. The zero-order valence-corrected chi connectivity index (χ0v) is 18.3. The Labute approximate surface area is 185 Å². The highest BCUT2D eigenvalue weighted by Gasteiger charge is 2.33. The van der Waals surface area contributed by atoms with Crippen molar-refractivity contribution >= 4 is 11.9 Å². The Kier molecular flexibility index (Phi) is 11.5. The van der Waals surface area contributed by atoms with Gasteiger partial charge in [-0.1, -0.05) is 50.2 Å². The zero-order valence-electron chi connectivity index (χ0n) is 18.3. The van der Waals surface area contributed by atoms with E-state index in [1.807, 2.05) is 0 Å². The standard InChI is InChI=1S/C14H10O4.C8H18O6/c15-13(11-7-3-1-4-8-11)17-18-14(16)12-9-5-2-6-10-12;1-5-7(3,11-9)13-14-8(4,6-2)12-10/h1-10H;9-10H,5-6H2,1-4H3. The molecule has 0 saturated heterocycles. The number of benzene rings is 2. The largest absolute Gasteiger partial charge is 0.386 e. The molecule has 0 aliphatic carbocycles. The lowest BCUT2D eigenvalue weighted by molar-refractivity contribution is -0.566. The van der Waals surface area contributed by atoms with E-state index in [1.165, 1.54) is 13.8 Å². The van der Waals surface area contributed by atoms with Gasteiger partial charge in [-0.15, -0.1) is 0 Å². The molecule has 2 unspecified atom stereocenters. The van der Waals surface area contributed by atoms with E-state index in [1.54, 1.807) is 74.5 Å². The molecule has 0 heterocycles. The van der Waals surface area contributed by atoms with Gasteiger partial charge in [0.2, 0.25) is 11.6 Å². The van der Waals surface area contributed by atoms with Crippen LogP contribution in [0.4, 0.5) is 0 Å². The molecular formula is C22H28O10. The lowest BCUT2D eigenvalue weighted by Gasteiger charge is -2.29. The van der Waals surface area contributed by atoms with Gasteiger partial charge in [-0.05, 0) is 38.1 Å². The summed E-state index contributed by atoms with van der Waals surface area (Å²) in [6.07, 6.45) is 0.740. The molecule has 0 spiro atoms. The lowest BCUT2D eigenvalue weighted by Crippen LogP contribution is -2.38. The molecule has 176 valence electrons. The third-order valence-corrected chi connectivity index (χ3v) is 4.28. The van der Waals surface area contributed by atoms with E-state index in [4.69, 9.17) is 20.3 Å². The maximum absolute atomic E-state index is 11.5. The highest BCUT2D eigenvalue weighted by Crippen LogP contribution is 2.23. The van der Waals surface area contributed by atoms with Crippen LogP contribution in [0.1, 0.15) is 61.3 Å². The maximum atomic E-state index is 11.5. The van der Waals surface area contributed by atoms with Crippen molar-refractivity contribution in [3.63, 3.8) is 0 Å². The van der Waals surface area contributed by atoms with Crippen LogP contribution in [0.2, 0.25) is 0 Å². The predicted molar refractivity (Wildman–Crippen MR) is 111 cm³/mol. The third-order valence-electron chi connectivity index (χ3n) is 4.28. The monoisotopic (exact) mass is 452 g/mol. The molecule has 10 heteroatoms. The molecule has 2 aromatic rings. The minimum absolute atomic E-state index is 0.318. The average molecular weight is 452 g/mol. The molecule has 0 saturated carbocycles. The fraction of sp³-hybridized carbons (Fsp3) is 0.364. The molecule has 32 heavy (non-hydrogen) atoms. The number of carbonyl (C=O) groups excluding carboxylic acids is 2. The molecule has 2 rings (SSSR count). The first-order valence-electron chi connectivity index (χ1n) is 9.77. The van der Waals surface area contributed by atoms with Crippen molar-refractivity contribution in [3.05, 3.63) is 71.8 Å². The Bertz CT molecular complexity index is 732. The second-order valence-electron chi connectivity index (χ2n) is 6.80. The van der Waals surface area contributed by atoms with Crippen LogP contribution in [0.5, 0.6) is 0 Å². The van der Waals surface area contributed by atoms with Crippen LogP contribution in [0.25, 0.3) is 0 Å². The summed E-state index contributed by atoms with van der Waals surface area (Å²) in [6.45, 7) is 6.45. The highest BCUT2D eigenvalue weighted by molar-refractivity contribution is 5.92. The zero-order chi connectivity index (χ0) is 24.0. The van der Waals surface area contributed by atoms with Gasteiger partial charge in [0.1, 0.15) is 0 Å². The van der Waals surface area contributed by atoms with Gasteiger partial charge in [-0.2, -0.15) is 9.78 Å². The Morgan fingerprint density at radius 3 is 1.25 bits per heavy atom. The van der Waals surface area contributed by atoms with Crippen LogP contribution in [0, 0.1) is 0 Å². The van der Waals surface area contributed by atoms with Crippen LogP contribution in [-0.4, -0.2) is 34.0 Å². The van der Waals surface area contributed by atoms with Crippen LogP contribution < -0.4 is 0 Å². The quantitative estimate of drug-likeness (QED) is 0.311. The molecule has 0 aromatic heterocycles. The van der Waals surface area contributed by atoms with Crippen molar-refractivity contribution in [1.82, 2.24) is 0 Å². The van der Waals surface area contributed by atoms with Crippen molar-refractivity contribution in [2.24, 2.45) is 0 Å². The topological polar surface area (TPSA) is 130 Å². The van der Waals surface area contributed by atoms with E-state index in [0.29, 0.717) is 24.0 Å². The molecule has 2 N–H and O–H groups in total. The first-order chi connectivity index (χ1) is 15.2. The third kappa shape index (κ3) is 9.10. The molecule has 10 nitrogen and oxygen atoms in total. The molecule has 0 fully saturated rings. The Balaban J connectivity index is 0.000000333. The molecule has 0 radical (unpaired) electrons.